The van der Waals surface area contributed by atoms with Crippen LogP contribution in [0.3, 0.4) is 0 Å². The number of thiophene rings is 1. The number of carbonyl (C=O) groups excluding carboxylic acids is 2. The molecule has 6 nitrogen and oxygen atoms in total. The van der Waals surface area contributed by atoms with Crippen LogP contribution in [0.25, 0.3) is 0 Å². The van der Waals surface area contributed by atoms with Crippen LogP contribution in [0.1, 0.15) is 51.8 Å². The molecule has 1 aliphatic rings. The van der Waals surface area contributed by atoms with Crippen LogP contribution in [0.4, 0.5) is 5.69 Å². The molecule has 2 atom stereocenters. The molecule has 2 aromatic heterocycles. The molecule has 0 aliphatic heterocycles. The van der Waals surface area contributed by atoms with Gasteiger partial charge in [0, 0.05) is 11.9 Å². The van der Waals surface area contributed by atoms with Gasteiger partial charge in [0.1, 0.15) is 4.88 Å². The molecule has 26 heavy (non-hydrogen) atoms. The number of esters is 1. The summed E-state index contributed by atoms with van der Waals surface area (Å²) in [5.74, 6) is -0.136. The minimum absolute atomic E-state index is 0.354. The quantitative estimate of drug-likeness (QED) is 0.831. The summed E-state index contributed by atoms with van der Waals surface area (Å²) < 4.78 is 7.10. The van der Waals surface area contributed by atoms with Crippen LogP contribution < -0.4 is 5.32 Å². The summed E-state index contributed by atoms with van der Waals surface area (Å²) in [5.41, 5.74) is 3.51. The fourth-order valence-electron chi connectivity index (χ4n) is 3.26. The molecule has 1 N–H and O–H groups in total. The van der Waals surface area contributed by atoms with E-state index in [9.17, 15) is 9.59 Å². The summed E-state index contributed by atoms with van der Waals surface area (Å²) >= 11 is 1.49. The lowest BCUT2D eigenvalue weighted by Crippen LogP contribution is -2.30. The highest BCUT2D eigenvalue weighted by molar-refractivity contribution is 7.14. The molecule has 1 amide bonds. The highest BCUT2D eigenvalue weighted by Gasteiger charge is 2.25. The zero-order valence-corrected chi connectivity index (χ0v) is 16.7. The van der Waals surface area contributed by atoms with Crippen molar-refractivity contribution < 1.29 is 14.3 Å². The van der Waals surface area contributed by atoms with E-state index >= 15 is 0 Å². The first kappa shape index (κ1) is 18.6. The van der Waals surface area contributed by atoms with Gasteiger partial charge in [-0.15, -0.1) is 11.3 Å². The van der Waals surface area contributed by atoms with E-state index in [1.165, 1.54) is 21.8 Å². The van der Waals surface area contributed by atoms with Gasteiger partial charge in [0.2, 0.25) is 0 Å². The SMILES string of the molecule is Cc1nn(C)c(C)c1NC(=O)[C@H](C)OC(=O)c1cc2c(s1)CC[C@H](C)C2. The van der Waals surface area contributed by atoms with E-state index in [4.69, 9.17) is 4.74 Å². The molecule has 2 heterocycles. The second kappa shape index (κ2) is 7.23. The number of hydrogen-bond acceptors (Lipinski definition) is 5. The van der Waals surface area contributed by atoms with Crippen molar-refractivity contribution in [3.05, 3.63) is 32.8 Å². The van der Waals surface area contributed by atoms with Crippen LogP contribution in [0, 0.1) is 19.8 Å². The first-order valence-electron chi connectivity index (χ1n) is 8.90. The number of aromatic nitrogens is 2. The first-order chi connectivity index (χ1) is 12.3. The van der Waals surface area contributed by atoms with Gasteiger partial charge >= 0.3 is 5.97 Å². The Bertz CT molecular complexity index is 853. The third-order valence-corrected chi connectivity index (χ3v) is 6.16. The van der Waals surface area contributed by atoms with Crippen molar-refractivity contribution in [3.8, 4) is 0 Å². The third kappa shape index (κ3) is 3.67. The Balaban J connectivity index is 1.64. The monoisotopic (exact) mass is 375 g/mol. The van der Waals surface area contributed by atoms with Gasteiger partial charge < -0.3 is 10.1 Å². The van der Waals surface area contributed by atoms with Gasteiger partial charge in [0.15, 0.2) is 6.10 Å². The van der Waals surface area contributed by atoms with Gasteiger partial charge in [-0.3, -0.25) is 9.48 Å². The summed E-state index contributed by atoms with van der Waals surface area (Å²) in [7, 11) is 1.82. The smallest absolute Gasteiger partial charge is 0.349 e. The molecule has 0 bridgehead atoms. The first-order valence-corrected chi connectivity index (χ1v) is 9.71. The van der Waals surface area contributed by atoms with Gasteiger partial charge in [-0.05, 0) is 57.6 Å². The van der Waals surface area contributed by atoms with Crippen molar-refractivity contribution in [2.75, 3.05) is 5.32 Å². The van der Waals surface area contributed by atoms with Crippen LogP contribution in [-0.2, 0) is 29.4 Å². The molecule has 0 aromatic carbocycles. The van der Waals surface area contributed by atoms with Gasteiger partial charge in [-0.25, -0.2) is 4.79 Å². The third-order valence-electron chi connectivity index (χ3n) is 4.94. The topological polar surface area (TPSA) is 73.2 Å². The standard InChI is InChI=1S/C19H25N3O3S/c1-10-6-7-15-14(8-10)9-16(26-15)19(24)25-13(4)18(23)20-17-11(2)21-22(5)12(17)3/h9-10,13H,6-8H2,1-5H3,(H,20,23)/t10-,13-/m0/s1. The predicted molar refractivity (Wildman–Crippen MR) is 102 cm³/mol. The maximum Gasteiger partial charge on any atom is 0.349 e. The van der Waals surface area contributed by atoms with E-state index < -0.39 is 12.1 Å². The number of hydrogen-bond donors (Lipinski definition) is 1. The van der Waals surface area contributed by atoms with Gasteiger partial charge in [-0.1, -0.05) is 6.92 Å². The number of rotatable bonds is 4. The Morgan fingerprint density at radius 1 is 1.42 bits per heavy atom. The second-order valence-corrected chi connectivity index (χ2v) is 8.25. The van der Waals surface area contributed by atoms with Crippen LogP contribution in [0.2, 0.25) is 0 Å². The van der Waals surface area contributed by atoms with Crippen molar-refractivity contribution >= 4 is 28.9 Å². The average Bonchev–Trinajstić information content (AvgIpc) is 3.10. The number of anilines is 1. The van der Waals surface area contributed by atoms with E-state index in [2.05, 4.69) is 17.3 Å². The van der Waals surface area contributed by atoms with Crippen molar-refractivity contribution in [2.45, 2.75) is 53.1 Å². The average molecular weight is 375 g/mol. The highest BCUT2D eigenvalue weighted by atomic mass is 32.1. The maximum absolute atomic E-state index is 12.4. The minimum atomic E-state index is -0.875. The van der Waals surface area contributed by atoms with Crippen LogP contribution in [0.15, 0.2) is 6.07 Å². The van der Waals surface area contributed by atoms with E-state index in [0.717, 1.165) is 30.7 Å². The molecule has 7 heteroatoms. The normalized spacial score (nSPS) is 17.5. The fraction of sp³-hybridized carbons (Fsp3) is 0.526. The fourth-order valence-corrected chi connectivity index (χ4v) is 4.35. The van der Waals surface area contributed by atoms with E-state index in [1.54, 1.807) is 11.6 Å². The minimum Gasteiger partial charge on any atom is -0.448 e. The summed E-state index contributed by atoms with van der Waals surface area (Å²) in [5, 5.41) is 7.09. The zero-order chi connectivity index (χ0) is 19.0. The van der Waals surface area contributed by atoms with Gasteiger partial charge in [0.25, 0.3) is 5.91 Å². The van der Waals surface area contributed by atoms with Crippen LogP contribution in [-0.4, -0.2) is 27.8 Å². The van der Waals surface area contributed by atoms with E-state index in [1.807, 2.05) is 27.0 Å². The van der Waals surface area contributed by atoms with Crippen LogP contribution in [0.5, 0.6) is 0 Å². The molecule has 0 spiro atoms. The summed E-state index contributed by atoms with van der Waals surface area (Å²) in [6, 6.07) is 1.93. The molecule has 2 aromatic rings. The number of fused-ring (bicyclic) bond motifs is 1. The Morgan fingerprint density at radius 2 is 2.15 bits per heavy atom. The summed E-state index contributed by atoms with van der Waals surface area (Å²) in [6.45, 7) is 7.52. The molecule has 1 aliphatic carbocycles. The number of aryl methyl sites for hydroxylation is 3. The molecule has 0 fully saturated rings. The Labute approximate surface area is 157 Å². The Morgan fingerprint density at radius 3 is 2.81 bits per heavy atom. The molecule has 3 rings (SSSR count). The number of nitrogens with zero attached hydrogens (tertiary/aromatic N) is 2. The largest absolute Gasteiger partial charge is 0.448 e. The summed E-state index contributed by atoms with van der Waals surface area (Å²) in [6.07, 6.45) is 2.31. The van der Waals surface area contributed by atoms with Crippen LogP contribution >= 0.6 is 11.3 Å². The number of carbonyl (C=O) groups is 2. The number of nitrogens with one attached hydrogen (secondary N) is 1. The molecule has 0 saturated carbocycles. The molecule has 0 unspecified atom stereocenters. The summed E-state index contributed by atoms with van der Waals surface area (Å²) in [4.78, 5) is 26.7. The lowest BCUT2D eigenvalue weighted by molar-refractivity contribution is -0.123. The maximum atomic E-state index is 12.4. The van der Waals surface area contributed by atoms with Crippen molar-refractivity contribution in [1.29, 1.82) is 0 Å². The zero-order valence-electron chi connectivity index (χ0n) is 15.9. The molecule has 140 valence electrons. The van der Waals surface area contributed by atoms with E-state index in [-0.39, 0.29) is 5.91 Å². The lowest BCUT2D eigenvalue weighted by Gasteiger charge is -2.16. The lowest BCUT2D eigenvalue weighted by atomic mass is 9.90. The molecular weight excluding hydrogens is 350 g/mol. The molecule has 0 saturated heterocycles. The van der Waals surface area contributed by atoms with Crippen molar-refractivity contribution in [1.82, 2.24) is 9.78 Å². The number of ether oxygens (including phenoxy) is 1. The number of amides is 1. The highest BCUT2D eigenvalue weighted by Crippen LogP contribution is 2.32. The van der Waals surface area contributed by atoms with Gasteiger partial charge in [-0.2, -0.15) is 5.10 Å². The second-order valence-electron chi connectivity index (χ2n) is 7.11. The van der Waals surface area contributed by atoms with E-state index in [0.29, 0.717) is 16.5 Å². The van der Waals surface area contributed by atoms with Crippen molar-refractivity contribution in [3.63, 3.8) is 0 Å². The Hall–Kier alpha value is -2.15. The Kier molecular flexibility index (Phi) is 5.18. The van der Waals surface area contributed by atoms with Gasteiger partial charge in [0.05, 0.1) is 17.1 Å². The molecular formula is C19H25N3O3S. The predicted octanol–water partition coefficient (Wildman–Crippen LogP) is 3.41. The van der Waals surface area contributed by atoms with Crippen molar-refractivity contribution in [2.24, 2.45) is 13.0 Å². The molecule has 0 radical (unpaired) electrons.